The summed E-state index contributed by atoms with van der Waals surface area (Å²) in [7, 11) is 1.82. The highest BCUT2D eigenvalue weighted by molar-refractivity contribution is 5.94. The van der Waals surface area contributed by atoms with Crippen molar-refractivity contribution in [3.05, 3.63) is 59.8 Å². The van der Waals surface area contributed by atoms with Gasteiger partial charge in [-0.15, -0.1) is 0 Å². The number of β-amino-alcohol motifs (C(OH)–C–C–N with tert-alkyl or cyclic N) is 1. The van der Waals surface area contributed by atoms with E-state index in [9.17, 15) is 15.0 Å². The summed E-state index contributed by atoms with van der Waals surface area (Å²) in [6.45, 7) is 2.26. The number of nitriles is 1. The Kier molecular flexibility index (Phi) is 6.39. The minimum absolute atomic E-state index is 0.0751. The van der Waals surface area contributed by atoms with E-state index in [1.807, 2.05) is 20.0 Å². The van der Waals surface area contributed by atoms with Gasteiger partial charge in [-0.05, 0) is 37.1 Å². The number of hydrogen-bond acceptors (Lipinski definition) is 10. The van der Waals surface area contributed by atoms with Crippen molar-refractivity contribution in [3.63, 3.8) is 0 Å². The molecule has 5 rings (SSSR count). The number of pyridine rings is 3. The number of carbonyl (C=O) groups is 1. The van der Waals surface area contributed by atoms with Gasteiger partial charge in [-0.2, -0.15) is 10.2 Å². The number of ether oxygens (including phenoxy) is 1. The number of imidazole rings is 1. The molecule has 2 atom stereocenters. The number of nitrogens with one attached hydrogen (secondary N) is 1. The van der Waals surface area contributed by atoms with Crippen molar-refractivity contribution in [1.29, 1.82) is 5.26 Å². The Morgan fingerprint density at radius 2 is 2.03 bits per heavy atom. The van der Waals surface area contributed by atoms with Gasteiger partial charge in [0.25, 0.3) is 5.91 Å². The molecule has 37 heavy (non-hydrogen) atoms. The van der Waals surface area contributed by atoms with E-state index < -0.39 is 12.2 Å². The second-order valence-electron chi connectivity index (χ2n) is 8.82. The predicted octanol–water partition coefficient (Wildman–Crippen LogP) is 2.04. The Labute approximate surface area is 211 Å². The largest absolute Gasteiger partial charge is 0.437 e. The fraction of sp³-hybridized carbons (Fsp3) is 0.280. The first-order valence-electron chi connectivity index (χ1n) is 11.6. The smallest absolute Gasteiger partial charge is 0.255 e. The van der Waals surface area contributed by atoms with Crippen LogP contribution in [0.15, 0.2) is 43.0 Å². The molecule has 0 saturated carbocycles. The zero-order valence-corrected chi connectivity index (χ0v) is 20.2. The number of fused-ring (bicyclic) bond motifs is 1. The van der Waals surface area contributed by atoms with E-state index in [1.165, 1.54) is 17.3 Å². The van der Waals surface area contributed by atoms with Crippen molar-refractivity contribution in [3.8, 4) is 17.7 Å². The first-order chi connectivity index (χ1) is 17.8. The third-order valence-corrected chi connectivity index (χ3v) is 6.14. The van der Waals surface area contributed by atoms with Gasteiger partial charge in [0.05, 0.1) is 36.0 Å². The third kappa shape index (κ3) is 4.90. The zero-order chi connectivity index (χ0) is 26.1. The molecule has 1 aliphatic rings. The fourth-order valence-electron chi connectivity index (χ4n) is 4.06. The molecule has 3 N–H and O–H groups in total. The highest BCUT2D eigenvalue weighted by Crippen LogP contribution is 2.31. The molecular weight excluding hydrogens is 476 g/mol. The highest BCUT2D eigenvalue weighted by Gasteiger charge is 2.29. The van der Waals surface area contributed by atoms with Crippen molar-refractivity contribution in [1.82, 2.24) is 29.4 Å². The van der Waals surface area contributed by atoms with Crippen LogP contribution < -0.4 is 10.1 Å². The lowest BCUT2D eigenvalue weighted by molar-refractivity contribution is -0.0321. The molecule has 12 heteroatoms. The number of aliphatic hydroxyl groups excluding tert-OH is 2. The number of likely N-dealkylation sites (tertiary alicyclic amines) is 1. The average Bonchev–Trinajstić information content (AvgIpc) is 3.27. The fourth-order valence-corrected chi connectivity index (χ4v) is 4.06. The maximum Gasteiger partial charge on any atom is 0.255 e. The van der Waals surface area contributed by atoms with Crippen LogP contribution in [0.4, 0.5) is 11.5 Å². The predicted molar refractivity (Wildman–Crippen MR) is 132 cm³/mol. The lowest BCUT2D eigenvalue weighted by atomic mass is 10.0. The molecule has 0 aromatic carbocycles. The summed E-state index contributed by atoms with van der Waals surface area (Å²) in [4.78, 5) is 31.7. The number of nitrogens with zero attached hydrogens (tertiary/aromatic N) is 7. The summed E-state index contributed by atoms with van der Waals surface area (Å²) < 4.78 is 7.74. The van der Waals surface area contributed by atoms with Gasteiger partial charge in [0, 0.05) is 32.4 Å². The van der Waals surface area contributed by atoms with Crippen LogP contribution in [-0.2, 0) is 7.05 Å². The molecule has 0 spiro atoms. The maximum atomic E-state index is 12.8. The number of aromatic nitrogens is 5. The number of piperidine rings is 1. The van der Waals surface area contributed by atoms with Gasteiger partial charge in [-0.1, -0.05) is 0 Å². The minimum atomic E-state index is -0.959. The molecule has 188 valence electrons. The molecule has 0 radical (unpaired) electrons. The van der Waals surface area contributed by atoms with E-state index in [-0.39, 0.29) is 12.5 Å². The van der Waals surface area contributed by atoms with Crippen LogP contribution in [0.25, 0.3) is 11.2 Å². The Balaban J connectivity index is 1.38. The van der Waals surface area contributed by atoms with Crippen molar-refractivity contribution < 1.29 is 19.7 Å². The van der Waals surface area contributed by atoms with Crippen LogP contribution >= 0.6 is 0 Å². The Hall–Kier alpha value is -4.60. The number of anilines is 2. The molecule has 12 nitrogen and oxygen atoms in total. The summed E-state index contributed by atoms with van der Waals surface area (Å²) in [5.74, 6) is 0.982. The first kappa shape index (κ1) is 24.1. The summed E-state index contributed by atoms with van der Waals surface area (Å²) >= 11 is 0. The monoisotopic (exact) mass is 500 g/mol. The highest BCUT2D eigenvalue weighted by atomic mass is 16.5. The molecule has 0 aliphatic carbocycles. The topological polar surface area (TPSA) is 162 Å². The molecule has 1 aliphatic heterocycles. The standard InChI is InChI=1S/C25H24N8O4/c1-14-7-16(9-26)27-11-20(14)37-22-8-17(23-24(31-22)32(2)13-29-23)30-21-4-3-15(10-28-21)25(36)33-6-5-18(34)19(35)12-33/h3-4,7-8,10-11,13,18-19,34-35H,5-6,12H2,1-2H3,(H,28,30,31). The average molecular weight is 501 g/mol. The van der Waals surface area contributed by atoms with Crippen LogP contribution in [0.5, 0.6) is 11.6 Å². The van der Waals surface area contributed by atoms with E-state index in [1.54, 1.807) is 35.2 Å². The molecule has 4 aromatic rings. The number of carbonyl (C=O) groups excluding carboxylic acids is 1. The number of aliphatic hydroxyl groups is 2. The lowest BCUT2D eigenvalue weighted by Crippen LogP contribution is -2.48. The summed E-state index contributed by atoms with van der Waals surface area (Å²) in [6.07, 6.45) is 3.13. The van der Waals surface area contributed by atoms with Crippen molar-refractivity contribution in [2.75, 3.05) is 18.4 Å². The van der Waals surface area contributed by atoms with Crippen LogP contribution in [0, 0.1) is 18.3 Å². The molecular formula is C25H24N8O4. The van der Waals surface area contributed by atoms with E-state index in [4.69, 9.17) is 10.00 Å². The quantitative estimate of drug-likeness (QED) is 0.370. The molecule has 1 saturated heterocycles. The van der Waals surface area contributed by atoms with Gasteiger partial charge in [0.1, 0.15) is 23.1 Å². The van der Waals surface area contributed by atoms with Crippen LogP contribution in [0.2, 0.25) is 0 Å². The van der Waals surface area contributed by atoms with Crippen LogP contribution in [-0.4, -0.2) is 70.8 Å². The van der Waals surface area contributed by atoms with Gasteiger partial charge in [0.15, 0.2) is 11.4 Å². The normalized spacial score (nSPS) is 17.4. The van der Waals surface area contributed by atoms with E-state index >= 15 is 0 Å². The van der Waals surface area contributed by atoms with E-state index in [0.717, 1.165) is 5.56 Å². The molecule has 5 heterocycles. The van der Waals surface area contributed by atoms with Crippen LogP contribution in [0.1, 0.15) is 28.0 Å². The maximum absolute atomic E-state index is 12.8. The minimum Gasteiger partial charge on any atom is -0.437 e. The third-order valence-electron chi connectivity index (χ3n) is 6.14. The number of aryl methyl sites for hydroxylation is 2. The molecule has 4 aromatic heterocycles. The van der Waals surface area contributed by atoms with Crippen molar-refractivity contribution in [2.24, 2.45) is 7.05 Å². The second kappa shape index (κ2) is 9.81. The Morgan fingerprint density at radius 1 is 1.19 bits per heavy atom. The molecule has 0 bridgehead atoms. The van der Waals surface area contributed by atoms with E-state index in [2.05, 4.69) is 25.3 Å². The van der Waals surface area contributed by atoms with Gasteiger partial charge in [0.2, 0.25) is 5.88 Å². The zero-order valence-electron chi connectivity index (χ0n) is 20.2. The van der Waals surface area contributed by atoms with Gasteiger partial charge < -0.3 is 29.7 Å². The van der Waals surface area contributed by atoms with Crippen molar-refractivity contribution >= 4 is 28.6 Å². The Morgan fingerprint density at radius 3 is 2.73 bits per heavy atom. The van der Waals surface area contributed by atoms with E-state index in [0.29, 0.717) is 58.5 Å². The lowest BCUT2D eigenvalue weighted by Gasteiger charge is -2.33. The Bertz CT molecular complexity index is 1510. The number of rotatable bonds is 5. The summed E-state index contributed by atoms with van der Waals surface area (Å²) in [6, 6.07) is 8.65. The first-order valence-corrected chi connectivity index (χ1v) is 11.6. The van der Waals surface area contributed by atoms with Gasteiger partial charge >= 0.3 is 0 Å². The number of amides is 1. The van der Waals surface area contributed by atoms with Gasteiger partial charge in [-0.25, -0.2) is 15.0 Å². The molecule has 2 unspecified atom stereocenters. The SMILES string of the molecule is Cc1cc(C#N)ncc1Oc1cc(Nc2ccc(C(=O)N3CCC(O)C(O)C3)cn2)c2ncn(C)c2n1. The second-order valence-corrected chi connectivity index (χ2v) is 8.82. The molecule has 1 amide bonds. The molecule has 1 fully saturated rings. The summed E-state index contributed by atoms with van der Waals surface area (Å²) in [5, 5.41) is 31.8. The van der Waals surface area contributed by atoms with Crippen LogP contribution in [0.3, 0.4) is 0 Å². The van der Waals surface area contributed by atoms with Crippen molar-refractivity contribution in [2.45, 2.75) is 25.6 Å². The number of hydrogen-bond donors (Lipinski definition) is 3. The summed E-state index contributed by atoms with van der Waals surface area (Å²) in [5.41, 5.74) is 3.19. The van der Waals surface area contributed by atoms with Gasteiger partial charge in [-0.3, -0.25) is 4.79 Å².